The predicted octanol–water partition coefficient (Wildman–Crippen LogP) is 4.02. The molecule has 0 unspecified atom stereocenters. The van der Waals surface area contributed by atoms with Crippen LogP contribution in [-0.4, -0.2) is 27.6 Å². The fourth-order valence-corrected chi connectivity index (χ4v) is 2.49. The summed E-state index contributed by atoms with van der Waals surface area (Å²) in [5.41, 5.74) is -0.594. The number of nitrogens with zero attached hydrogens (tertiary/aromatic N) is 2. The quantitative estimate of drug-likeness (QED) is 0.788. The molecule has 0 fully saturated rings. The molecule has 2 atom stereocenters. The summed E-state index contributed by atoms with van der Waals surface area (Å²) >= 11 is 11.9. The smallest absolute Gasteiger partial charge is 0.404 e. The molecule has 0 saturated carbocycles. The molecule has 0 saturated heterocycles. The van der Waals surface area contributed by atoms with Crippen LogP contribution in [0.2, 0.25) is 4.47 Å². The largest absolute Gasteiger partial charge is 0.469 e. The number of pyridine rings is 1. The van der Waals surface area contributed by atoms with Gasteiger partial charge in [-0.15, -0.1) is 0 Å². The molecule has 0 amide bonds. The van der Waals surface area contributed by atoms with Crippen molar-refractivity contribution < 1.29 is 18.7 Å². The Hall–Kier alpha value is -1.18. The van der Waals surface area contributed by atoms with E-state index in [1.165, 1.54) is 6.07 Å². The zero-order valence-electron chi connectivity index (χ0n) is 10.4. The average molecular weight is 339 g/mol. The Bertz CT molecular complexity index is 652. The summed E-state index contributed by atoms with van der Waals surface area (Å²) in [5.74, 6) is -0.876. The number of carbonyl (C=O) groups is 1. The molecule has 0 aliphatic carbocycles. The lowest BCUT2D eigenvalue weighted by atomic mass is 10.2. The summed E-state index contributed by atoms with van der Waals surface area (Å²) in [6.45, 7) is 3.18. The van der Waals surface area contributed by atoms with Crippen molar-refractivity contribution in [2.24, 2.45) is 0 Å². The molecule has 0 aliphatic heterocycles. The van der Waals surface area contributed by atoms with E-state index in [4.69, 9.17) is 32.7 Å². The first-order valence-electron chi connectivity index (χ1n) is 5.52. The molecule has 0 radical (unpaired) electrons. The van der Waals surface area contributed by atoms with Gasteiger partial charge in [0, 0.05) is 17.7 Å². The summed E-state index contributed by atoms with van der Waals surface area (Å²) in [6, 6.07) is 1.19. The van der Waals surface area contributed by atoms with Crippen LogP contribution in [0.1, 0.15) is 13.8 Å². The minimum absolute atomic E-state index is 0.206. The van der Waals surface area contributed by atoms with E-state index in [1.54, 1.807) is 13.8 Å². The number of thiazole rings is 1. The van der Waals surface area contributed by atoms with E-state index < -0.39 is 23.5 Å². The lowest BCUT2D eigenvalue weighted by Gasteiger charge is -2.20. The highest BCUT2D eigenvalue weighted by molar-refractivity contribution is 7.21. The third kappa shape index (κ3) is 3.47. The van der Waals surface area contributed by atoms with Crippen molar-refractivity contribution in [2.75, 3.05) is 0 Å². The summed E-state index contributed by atoms with van der Waals surface area (Å²) in [6.07, 6.45) is -1.28. The van der Waals surface area contributed by atoms with Gasteiger partial charge in [0.05, 0.1) is 0 Å². The van der Waals surface area contributed by atoms with E-state index in [0.29, 0.717) is 10.3 Å². The molecule has 2 aromatic rings. The number of halogens is 3. The molecule has 20 heavy (non-hydrogen) atoms. The Morgan fingerprint density at radius 1 is 1.40 bits per heavy atom. The summed E-state index contributed by atoms with van der Waals surface area (Å²) < 4.78 is 24.2. The van der Waals surface area contributed by atoms with E-state index in [0.717, 1.165) is 11.3 Å². The molecule has 0 spiro atoms. The second-order valence-corrected chi connectivity index (χ2v) is 5.82. The van der Waals surface area contributed by atoms with Gasteiger partial charge in [-0.2, -0.15) is 4.98 Å². The monoisotopic (exact) mass is 338 g/mol. The van der Waals surface area contributed by atoms with Crippen LogP contribution in [-0.2, 0) is 4.74 Å². The number of ether oxygens (including phenoxy) is 2. The highest BCUT2D eigenvalue weighted by atomic mass is 35.5. The van der Waals surface area contributed by atoms with E-state index >= 15 is 0 Å². The highest BCUT2D eigenvalue weighted by Gasteiger charge is 2.20. The number of hydrogen-bond acceptors (Lipinski definition) is 6. The topological polar surface area (TPSA) is 61.3 Å². The Kier molecular flexibility index (Phi) is 4.62. The third-order valence-electron chi connectivity index (χ3n) is 2.52. The fourth-order valence-electron chi connectivity index (χ4n) is 1.40. The van der Waals surface area contributed by atoms with Crippen LogP contribution < -0.4 is 4.74 Å². The summed E-state index contributed by atoms with van der Waals surface area (Å²) in [5, 5.41) is 0. The van der Waals surface area contributed by atoms with Gasteiger partial charge in [0.15, 0.2) is 10.3 Å². The van der Waals surface area contributed by atoms with Gasteiger partial charge in [-0.3, -0.25) is 0 Å². The molecule has 0 aliphatic rings. The van der Waals surface area contributed by atoms with Crippen molar-refractivity contribution in [3.8, 4) is 5.88 Å². The van der Waals surface area contributed by atoms with Crippen molar-refractivity contribution in [2.45, 2.75) is 26.1 Å². The van der Waals surface area contributed by atoms with Gasteiger partial charge in [0.2, 0.25) is 0 Å². The molecular formula is C11H9Cl2FN2O3S. The molecule has 0 aromatic carbocycles. The second-order valence-electron chi connectivity index (χ2n) is 3.95. The average Bonchev–Trinajstić information content (AvgIpc) is 2.67. The van der Waals surface area contributed by atoms with Crippen molar-refractivity contribution in [3.05, 3.63) is 16.4 Å². The SMILES string of the molecule is C[C@H](Oc1nc2sc(Cl)nc2cc1F)[C@@H](C)OC(=O)Cl. The highest BCUT2D eigenvalue weighted by Crippen LogP contribution is 2.28. The first-order chi connectivity index (χ1) is 9.36. The Labute approximate surface area is 127 Å². The second kappa shape index (κ2) is 6.07. The van der Waals surface area contributed by atoms with Gasteiger partial charge in [-0.1, -0.05) is 22.9 Å². The van der Waals surface area contributed by atoms with Crippen molar-refractivity contribution >= 4 is 50.3 Å². The number of hydrogen-bond donors (Lipinski definition) is 0. The van der Waals surface area contributed by atoms with E-state index in [2.05, 4.69) is 9.97 Å². The first kappa shape index (κ1) is 15.2. The maximum atomic E-state index is 13.8. The van der Waals surface area contributed by atoms with Crippen LogP contribution in [0, 0.1) is 5.82 Å². The van der Waals surface area contributed by atoms with Crippen LogP contribution in [0.5, 0.6) is 5.88 Å². The maximum Gasteiger partial charge on any atom is 0.404 e. The normalized spacial score (nSPS) is 14.1. The number of carbonyl (C=O) groups excluding carboxylic acids is 1. The van der Waals surface area contributed by atoms with Gasteiger partial charge >= 0.3 is 5.43 Å². The lowest BCUT2D eigenvalue weighted by molar-refractivity contribution is 0.0433. The molecular weight excluding hydrogens is 330 g/mol. The molecule has 2 aromatic heterocycles. The summed E-state index contributed by atoms with van der Waals surface area (Å²) in [7, 11) is 0. The molecule has 0 bridgehead atoms. The molecule has 2 rings (SSSR count). The Morgan fingerprint density at radius 2 is 2.10 bits per heavy atom. The molecule has 2 heterocycles. The zero-order chi connectivity index (χ0) is 14.9. The number of fused-ring (bicyclic) bond motifs is 1. The Balaban J connectivity index is 2.20. The summed E-state index contributed by atoms with van der Waals surface area (Å²) in [4.78, 5) is 19.0. The Morgan fingerprint density at radius 3 is 2.75 bits per heavy atom. The minimum Gasteiger partial charge on any atom is -0.469 e. The zero-order valence-corrected chi connectivity index (χ0v) is 12.7. The van der Waals surface area contributed by atoms with E-state index in [9.17, 15) is 9.18 Å². The lowest BCUT2D eigenvalue weighted by Crippen LogP contribution is -2.30. The standard InChI is InChI=1S/C11H9Cl2FN2O3S/c1-4(5(2)19-11(13)17)18-8-6(14)3-7-9(16-8)20-10(12)15-7/h3-5H,1-2H3/t4-,5+/m0/s1. The van der Waals surface area contributed by atoms with Crippen LogP contribution in [0.4, 0.5) is 9.18 Å². The van der Waals surface area contributed by atoms with Crippen LogP contribution in [0.15, 0.2) is 6.07 Å². The van der Waals surface area contributed by atoms with Crippen molar-refractivity contribution in [1.29, 1.82) is 0 Å². The van der Waals surface area contributed by atoms with Crippen LogP contribution in [0.3, 0.4) is 0 Å². The predicted molar refractivity (Wildman–Crippen MR) is 74.3 cm³/mol. The van der Waals surface area contributed by atoms with Crippen LogP contribution in [0.25, 0.3) is 10.3 Å². The minimum atomic E-state index is -0.953. The van der Waals surface area contributed by atoms with Crippen molar-refractivity contribution in [1.82, 2.24) is 9.97 Å². The first-order valence-corrected chi connectivity index (χ1v) is 7.09. The number of aromatic nitrogens is 2. The van der Waals surface area contributed by atoms with Gasteiger partial charge < -0.3 is 9.47 Å². The molecule has 0 N–H and O–H groups in total. The maximum absolute atomic E-state index is 13.8. The molecule has 5 nitrogen and oxygen atoms in total. The van der Waals surface area contributed by atoms with Crippen molar-refractivity contribution in [3.63, 3.8) is 0 Å². The van der Waals surface area contributed by atoms with Gasteiger partial charge in [0.1, 0.15) is 22.6 Å². The number of rotatable bonds is 4. The molecule has 9 heteroatoms. The van der Waals surface area contributed by atoms with Crippen LogP contribution >= 0.6 is 34.5 Å². The van der Waals surface area contributed by atoms with E-state index in [-0.39, 0.29) is 10.3 Å². The molecule has 108 valence electrons. The fraction of sp³-hybridized carbons (Fsp3) is 0.364. The van der Waals surface area contributed by atoms with E-state index in [1.807, 2.05) is 0 Å². The van der Waals surface area contributed by atoms with Gasteiger partial charge in [-0.25, -0.2) is 14.2 Å². The van der Waals surface area contributed by atoms with Gasteiger partial charge in [0.25, 0.3) is 5.88 Å². The van der Waals surface area contributed by atoms with Gasteiger partial charge in [-0.05, 0) is 13.8 Å². The third-order valence-corrected chi connectivity index (χ3v) is 3.67.